The Morgan fingerprint density at radius 1 is 1.22 bits per heavy atom. The Balaban J connectivity index is 2.14. The van der Waals surface area contributed by atoms with Crippen LogP contribution in [0, 0.1) is 11.3 Å². The standard InChI is InChI=1S/C13H10N4O/c14-7-12(10-3-1-5-15-8-10)17-13(18)11-4-2-6-16-9-11/h1-6,8-9,12H,(H,17,18). The van der Waals surface area contributed by atoms with Gasteiger partial charge in [-0.25, -0.2) is 0 Å². The Bertz CT molecular complexity index is 563. The molecule has 0 saturated carbocycles. The van der Waals surface area contributed by atoms with Gasteiger partial charge in [0.2, 0.25) is 0 Å². The Kier molecular flexibility index (Phi) is 3.62. The van der Waals surface area contributed by atoms with E-state index in [0.717, 1.165) is 0 Å². The van der Waals surface area contributed by atoms with E-state index in [1.54, 1.807) is 42.9 Å². The minimum Gasteiger partial charge on any atom is -0.332 e. The predicted octanol–water partition coefficient (Wildman–Crippen LogP) is 1.47. The van der Waals surface area contributed by atoms with Crippen molar-refractivity contribution in [3.63, 3.8) is 0 Å². The lowest BCUT2D eigenvalue weighted by molar-refractivity contribution is 0.0944. The number of nitrogens with zero attached hydrogens (tertiary/aromatic N) is 3. The Morgan fingerprint density at radius 3 is 2.50 bits per heavy atom. The molecule has 0 bridgehead atoms. The van der Waals surface area contributed by atoms with E-state index >= 15 is 0 Å². The van der Waals surface area contributed by atoms with E-state index in [4.69, 9.17) is 5.26 Å². The molecule has 0 aliphatic rings. The van der Waals surface area contributed by atoms with E-state index in [1.165, 1.54) is 6.20 Å². The van der Waals surface area contributed by atoms with Crippen molar-refractivity contribution in [1.29, 1.82) is 5.26 Å². The van der Waals surface area contributed by atoms with Crippen molar-refractivity contribution >= 4 is 5.91 Å². The maximum atomic E-state index is 11.9. The largest absolute Gasteiger partial charge is 0.332 e. The van der Waals surface area contributed by atoms with Crippen LogP contribution in [0.2, 0.25) is 0 Å². The number of aromatic nitrogens is 2. The van der Waals surface area contributed by atoms with Crippen LogP contribution >= 0.6 is 0 Å². The van der Waals surface area contributed by atoms with Crippen LogP contribution in [0.3, 0.4) is 0 Å². The Morgan fingerprint density at radius 2 is 1.94 bits per heavy atom. The lowest BCUT2D eigenvalue weighted by atomic mass is 10.1. The first-order valence-corrected chi connectivity index (χ1v) is 5.31. The van der Waals surface area contributed by atoms with Crippen LogP contribution in [-0.4, -0.2) is 15.9 Å². The van der Waals surface area contributed by atoms with Crippen LogP contribution in [0.5, 0.6) is 0 Å². The van der Waals surface area contributed by atoms with Crippen molar-refractivity contribution in [3.8, 4) is 6.07 Å². The second kappa shape index (κ2) is 5.55. The summed E-state index contributed by atoms with van der Waals surface area (Å²) < 4.78 is 0. The van der Waals surface area contributed by atoms with Gasteiger partial charge in [0.1, 0.15) is 6.04 Å². The quantitative estimate of drug-likeness (QED) is 0.878. The molecule has 1 N–H and O–H groups in total. The number of nitriles is 1. The van der Waals surface area contributed by atoms with Gasteiger partial charge in [-0.3, -0.25) is 14.8 Å². The first kappa shape index (κ1) is 11.7. The van der Waals surface area contributed by atoms with Crippen molar-refractivity contribution in [3.05, 3.63) is 60.2 Å². The van der Waals surface area contributed by atoms with Gasteiger partial charge in [0.15, 0.2) is 0 Å². The fourth-order valence-electron chi connectivity index (χ4n) is 1.45. The zero-order chi connectivity index (χ0) is 12.8. The molecule has 0 fully saturated rings. The Hall–Kier alpha value is -2.74. The molecule has 2 aromatic rings. The molecule has 2 heterocycles. The lowest BCUT2D eigenvalue weighted by Crippen LogP contribution is -2.27. The summed E-state index contributed by atoms with van der Waals surface area (Å²) in [6, 6.07) is 8.07. The summed E-state index contributed by atoms with van der Waals surface area (Å²) in [4.78, 5) is 19.6. The number of rotatable bonds is 3. The van der Waals surface area contributed by atoms with Crippen molar-refractivity contribution in [1.82, 2.24) is 15.3 Å². The molecule has 0 aliphatic heterocycles. The van der Waals surface area contributed by atoms with Crippen LogP contribution in [0.1, 0.15) is 22.0 Å². The van der Waals surface area contributed by atoms with E-state index in [2.05, 4.69) is 15.3 Å². The molecule has 0 aromatic carbocycles. The second-order valence-electron chi connectivity index (χ2n) is 3.56. The monoisotopic (exact) mass is 238 g/mol. The van der Waals surface area contributed by atoms with Gasteiger partial charge in [-0.05, 0) is 18.2 Å². The number of carbonyl (C=O) groups excluding carboxylic acids is 1. The van der Waals surface area contributed by atoms with E-state index < -0.39 is 6.04 Å². The molecule has 1 unspecified atom stereocenters. The summed E-state index contributed by atoms with van der Waals surface area (Å²) in [6.45, 7) is 0. The zero-order valence-electron chi connectivity index (χ0n) is 9.45. The highest BCUT2D eigenvalue weighted by molar-refractivity contribution is 5.94. The minimum absolute atomic E-state index is 0.335. The number of pyridine rings is 2. The third kappa shape index (κ3) is 2.68. The molecule has 0 spiro atoms. The summed E-state index contributed by atoms with van der Waals surface area (Å²) in [7, 11) is 0. The number of carbonyl (C=O) groups is 1. The Labute approximate surface area is 104 Å². The van der Waals surface area contributed by atoms with Gasteiger partial charge in [0.25, 0.3) is 5.91 Å². The third-order valence-corrected chi connectivity index (χ3v) is 2.35. The molecule has 1 atom stereocenters. The van der Waals surface area contributed by atoms with Crippen molar-refractivity contribution in [2.45, 2.75) is 6.04 Å². The molecule has 2 aromatic heterocycles. The van der Waals surface area contributed by atoms with Gasteiger partial charge in [0.05, 0.1) is 11.6 Å². The van der Waals surface area contributed by atoms with E-state index in [0.29, 0.717) is 11.1 Å². The van der Waals surface area contributed by atoms with E-state index in [-0.39, 0.29) is 5.91 Å². The maximum absolute atomic E-state index is 11.9. The van der Waals surface area contributed by atoms with Gasteiger partial charge in [-0.1, -0.05) is 6.07 Å². The number of hydrogen-bond donors (Lipinski definition) is 1. The average molecular weight is 238 g/mol. The van der Waals surface area contributed by atoms with Gasteiger partial charge >= 0.3 is 0 Å². The normalized spacial score (nSPS) is 11.3. The molecule has 0 aliphatic carbocycles. The summed E-state index contributed by atoms with van der Waals surface area (Å²) in [5.74, 6) is -0.335. The fraction of sp³-hybridized carbons (Fsp3) is 0.0769. The van der Waals surface area contributed by atoms with Crippen LogP contribution in [0.15, 0.2) is 49.1 Å². The third-order valence-electron chi connectivity index (χ3n) is 2.35. The van der Waals surface area contributed by atoms with Crippen LogP contribution in [0.4, 0.5) is 0 Å². The SMILES string of the molecule is N#CC(NC(=O)c1cccnc1)c1cccnc1. The smallest absolute Gasteiger partial charge is 0.254 e. The highest BCUT2D eigenvalue weighted by Gasteiger charge is 2.14. The summed E-state index contributed by atoms with van der Waals surface area (Å²) >= 11 is 0. The molecule has 5 nitrogen and oxygen atoms in total. The van der Waals surface area contributed by atoms with Crippen molar-refractivity contribution in [2.24, 2.45) is 0 Å². The van der Waals surface area contributed by atoms with Gasteiger partial charge in [-0.15, -0.1) is 0 Å². The second-order valence-corrected chi connectivity index (χ2v) is 3.56. The zero-order valence-corrected chi connectivity index (χ0v) is 9.45. The molecule has 1 amide bonds. The molecular weight excluding hydrogens is 228 g/mol. The highest BCUT2D eigenvalue weighted by atomic mass is 16.1. The summed E-state index contributed by atoms with van der Waals surface area (Å²) in [5.41, 5.74) is 1.07. The predicted molar refractivity (Wildman–Crippen MR) is 64.3 cm³/mol. The fourth-order valence-corrected chi connectivity index (χ4v) is 1.45. The van der Waals surface area contributed by atoms with Gasteiger partial charge in [-0.2, -0.15) is 5.26 Å². The lowest BCUT2D eigenvalue weighted by Gasteiger charge is -2.11. The topological polar surface area (TPSA) is 78.7 Å². The first-order chi connectivity index (χ1) is 8.81. The number of amides is 1. The van der Waals surface area contributed by atoms with Crippen LogP contribution in [-0.2, 0) is 0 Å². The van der Waals surface area contributed by atoms with Crippen LogP contribution < -0.4 is 5.32 Å². The molecular formula is C13H10N4O. The summed E-state index contributed by atoms with van der Waals surface area (Å²) in [5, 5.41) is 11.7. The van der Waals surface area contributed by atoms with E-state index in [1.807, 2.05) is 6.07 Å². The molecule has 2 rings (SSSR count). The highest BCUT2D eigenvalue weighted by Crippen LogP contribution is 2.10. The van der Waals surface area contributed by atoms with Crippen molar-refractivity contribution in [2.75, 3.05) is 0 Å². The molecule has 18 heavy (non-hydrogen) atoms. The van der Waals surface area contributed by atoms with Crippen molar-refractivity contribution < 1.29 is 4.79 Å². The molecule has 88 valence electrons. The average Bonchev–Trinajstić information content (AvgIpc) is 2.46. The first-order valence-electron chi connectivity index (χ1n) is 5.31. The maximum Gasteiger partial charge on any atom is 0.254 e. The number of nitrogens with one attached hydrogen (secondary N) is 1. The molecule has 0 saturated heterocycles. The van der Waals surface area contributed by atoms with Crippen LogP contribution in [0.25, 0.3) is 0 Å². The molecule has 5 heteroatoms. The number of hydrogen-bond acceptors (Lipinski definition) is 4. The van der Waals surface area contributed by atoms with Gasteiger partial charge in [0, 0.05) is 30.4 Å². The van der Waals surface area contributed by atoms with Gasteiger partial charge < -0.3 is 5.32 Å². The summed E-state index contributed by atoms with van der Waals surface area (Å²) in [6.07, 6.45) is 6.20. The molecule has 0 radical (unpaired) electrons. The minimum atomic E-state index is -0.716. The van der Waals surface area contributed by atoms with E-state index in [9.17, 15) is 4.79 Å².